The molecule has 0 aliphatic rings. The minimum Gasteiger partial charge on any atom is -0.480 e. The molecule has 1 heterocycles. The van der Waals surface area contributed by atoms with E-state index in [1.807, 2.05) is 0 Å². The molecule has 0 amide bonds. The predicted octanol–water partition coefficient (Wildman–Crippen LogP) is 0.700. The summed E-state index contributed by atoms with van der Waals surface area (Å²) < 4.78 is 5.10. The number of oxazole rings is 1. The van der Waals surface area contributed by atoms with Crippen LogP contribution in [0.3, 0.4) is 0 Å². The van der Waals surface area contributed by atoms with Crippen molar-refractivity contribution in [3.05, 3.63) is 16.3 Å². The largest absolute Gasteiger partial charge is 0.480 e. The van der Waals surface area contributed by atoms with Crippen LogP contribution < -0.4 is 5.73 Å². The van der Waals surface area contributed by atoms with Crippen molar-refractivity contribution in [2.45, 2.75) is 19.4 Å². The van der Waals surface area contributed by atoms with Gasteiger partial charge in [0.2, 0.25) is 0 Å². The van der Waals surface area contributed by atoms with E-state index in [-0.39, 0.29) is 6.42 Å². The summed E-state index contributed by atoms with van der Waals surface area (Å²) in [6.45, 7) is 1.73. The number of rotatable bonds is 3. The molecule has 3 N–H and O–H groups in total. The molecule has 0 saturated heterocycles. The lowest BCUT2D eigenvalue weighted by Crippen LogP contribution is -2.32. The second-order valence-corrected chi connectivity index (χ2v) is 3.30. The van der Waals surface area contributed by atoms with E-state index in [0.717, 1.165) is 0 Å². The number of hydrogen-bond donors (Lipinski definition) is 2. The summed E-state index contributed by atoms with van der Waals surface area (Å²) in [5, 5.41) is 8.54. The van der Waals surface area contributed by atoms with Gasteiger partial charge < -0.3 is 15.3 Å². The highest BCUT2D eigenvalue weighted by Gasteiger charge is 2.17. The van der Waals surface area contributed by atoms with Crippen molar-refractivity contribution in [2.24, 2.45) is 5.73 Å². The SMILES string of the molecule is Cc1nc(Br)oc1CC(N)C(=O)O. The molecular formula is C7H9BrN2O3. The van der Waals surface area contributed by atoms with Crippen LogP contribution in [0.4, 0.5) is 0 Å². The second-order valence-electron chi connectivity index (χ2n) is 2.62. The average molecular weight is 249 g/mol. The van der Waals surface area contributed by atoms with Crippen LogP contribution >= 0.6 is 15.9 Å². The maximum Gasteiger partial charge on any atom is 0.320 e. The van der Waals surface area contributed by atoms with Crippen LogP contribution in [0.15, 0.2) is 9.22 Å². The van der Waals surface area contributed by atoms with Crippen LogP contribution in [0.1, 0.15) is 11.5 Å². The monoisotopic (exact) mass is 248 g/mol. The molecule has 1 aromatic heterocycles. The lowest BCUT2D eigenvalue weighted by molar-refractivity contribution is -0.138. The van der Waals surface area contributed by atoms with E-state index in [0.29, 0.717) is 16.3 Å². The van der Waals surface area contributed by atoms with Crippen molar-refractivity contribution in [1.29, 1.82) is 0 Å². The van der Waals surface area contributed by atoms with Crippen molar-refractivity contribution in [2.75, 3.05) is 0 Å². The molecule has 1 aromatic rings. The molecule has 0 radical (unpaired) electrons. The molecule has 0 aliphatic carbocycles. The van der Waals surface area contributed by atoms with E-state index in [9.17, 15) is 4.79 Å². The first-order valence-corrected chi connectivity index (χ1v) is 4.40. The maximum absolute atomic E-state index is 10.4. The first-order valence-electron chi connectivity index (χ1n) is 3.61. The topological polar surface area (TPSA) is 89.4 Å². The van der Waals surface area contributed by atoms with Crippen LogP contribution in [0.5, 0.6) is 0 Å². The van der Waals surface area contributed by atoms with Crippen LogP contribution in [0, 0.1) is 6.92 Å². The third kappa shape index (κ3) is 2.53. The van der Waals surface area contributed by atoms with Crippen LogP contribution in [0.2, 0.25) is 0 Å². The molecule has 1 unspecified atom stereocenters. The summed E-state index contributed by atoms with van der Waals surface area (Å²) in [5.41, 5.74) is 5.98. The number of aryl methyl sites for hydroxylation is 1. The molecule has 0 fully saturated rings. The number of hydrogen-bond acceptors (Lipinski definition) is 4. The third-order valence-corrected chi connectivity index (χ3v) is 1.93. The van der Waals surface area contributed by atoms with Gasteiger partial charge in [-0.2, -0.15) is 0 Å². The van der Waals surface area contributed by atoms with Gasteiger partial charge in [0.1, 0.15) is 11.8 Å². The van der Waals surface area contributed by atoms with Gasteiger partial charge in [-0.15, -0.1) is 0 Å². The first kappa shape index (κ1) is 10.2. The van der Waals surface area contributed by atoms with Gasteiger partial charge in [-0.3, -0.25) is 4.79 Å². The zero-order valence-corrected chi connectivity index (χ0v) is 8.54. The van der Waals surface area contributed by atoms with Gasteiger partial charge in [-0.05, 0) is 6.92 Å². The van der Waals surface area contributed by atoms with Crippen LogP contribution in [-0.2, 0) is 11.2 Å². The summed E-state index contributed by atoms with van der Waals surface area (Å²) in [5.74, 6) is -0.548. The van der Waals surface area contributed by atoms with Gasteiger partial charge in [0.05, 0.1) is 5.69 Å². The molecule has 1 rings (SSSR count). The fourth-order valence-electron chi connectivity index (χ4n) is 0.869. The van der Waals surface area contributed by atoms with E-state index in [2.05, 4.69) is 20.9 Å². The number of aromatic nitrogens is 1. The molecular weight excluding hydrogens is 240 g/mol. The fraction of sp³-hybridized carbons (Fsp3) is 0.429. The van der Waals surface area contributed by atoms with Gasteiger partial charge in [0, 0.05) is 22.4 Å². The van der Waals surface area contributed by atoms with E-state index in [1.165, 1.54) is 0 Å². The Balaban J connectivity index is 2.74. The molecule has 0 spiro atoms. The second kappa shape index (κ2) is 3.89. The Labute approximate surface area is 83.1 Å². The zero-order chi connectivity index (χ0) is 10.0. The Morgan fingerprint density at radius 1 is 1.85 bits per heavy atom. The van der Waals surface area contributed by atoms with Gasteiger partial charge in [-0.1, -0.05) is 0 Å². The van der Waals surface area contributed by atoms with Crippen LogP contribution in [0.25, 0.3) is 0 Å². The molecule has 0 saturated carbocycles. The van der Waals surface area contributed by atoms with E-state index < -0.39 is 12.0 Å². The average Bonchev–Trinajstić information content (AvgIpc) is 2.30. The van der Waals surface area contributed by atoms with Gasteiger partial charge in [0.15, 0.2) is 0 Å². The lowest BCUT2D eigenvalue weighted by Gasteiger charge is -2.02. The Kier molecular flexibility index (Phi) is 3.05. The molecule has 72 valence electrons. The molecule has 5 nitrogen and oxygen atoms in total. The molecule has 1 atom stereocenters. The van der Waals surface area contributed by atoms with Crippen molar-refractivity contribution >= 4 is 21.9 Å². The smallest absolute Gasteiger partial charge is 0.320 e. The van der Waals surface area contributed by atoms with Gasteiger partial charge >= 0.3 is 5.97 Å². The molecule has 6 heteroatoms. The van der Waals surface area contributed by atoms with Crippen molar-refractivity contribution in [3.8, 4) is 0 Å². The number of aliphatic carboxylic acids is 1. The number of carboxylic acid groups (broad SMARTS) is 1. The highest BCUT2D eigenvalue weighted by Crippen LogP contribution is 2.16. The molecule has 0 aliphatic heterocycles. The fourth-order valence-corrected chi connectivity index (χ4v) is 1.33. The Hall–Kier alpha value is -0.880. The molecule has 0 aromatic carbocycles. The van der Waals surface area contributed by atoms with E-state index in [1.54, 1.807) is 6.92 Å². The number of halogens is 1. The Morgan fingerprint density at radius 3 is 2.85 bits per heavy atom. The molecule has 0 bridgehead atoms. The normalized spacial score (nSPS) is 12.8. The Morgan fingerprint density at radius 2 is 2.46 bits per heavy atom. The predicted molar refractivity (Wildman–Crippen MR) is 48.3 cm³/mol. The van der Waals surface area contributed by atoms with Crippen molar-refractivity contribution in [3.63, 3.8) is 0 Å². The highest BCUT2D eigenvalue weighted by atomic mass is 79.9. The van der Waals surface area contributed by atoms with E-state index in [4.69, 9.17) is 15.3 Å². The minimum absolute atomic E-state index is 0.153. The number of carbonyl (C=O) groups is 1. The van der Waals surface area contributed by atoms with E-state index >= 15 is 0 Å². The van der Waals surface area contributed by atoms with Crippen LogP contribution in [-0.4, -0.2) is 22.1 Å². The summed E-state index contributed by atoms with van der Waals surface area (Å²) in [4.78, 5) is 14.7. The number of nitrogens with two attached hydrogens (primary N) is 1. The highest BCUT2D eigenvalue weighted by molar-refractivity contribution is 9.10. The Bertz CT molecular complexity index is 324. The summed E-state index contributed by atoms with van der Waals surface area (Å²) in [6.07, 6.45) is 0.153. The zero-order valence-electron chi connectivity index (χ0n) is 6.95. The summed E-state index contributed by atoms with van der Waals surface area (Å²) in [6, 6.07) is -0.946. The summed E-state index contributed by atoms with van der Waals surface area (Å²) in [7, 11) is 0. The number of nitrogens with zero attached hydrogens (tertiary/aromatic N) is 1. The third-order valence-electron chi connectivity index (χ3n) is 1.59. The quantitative estimate of drug-likeness (QED) is 0.822. The molecule has 13 heavy (non-hydrogen) atoms. The number of carboxylic acids is 1. The minimum atomic E-state index is -1.05. The first-order chi connectivity index (χ1) is 6.00. The maximum atomic E-state index is 10.4. The lowest BCUT2D eigenvalue weighted by atomic mass is 10.1. The van der Waals surface area contributed by atoms with Gasteiger partial charge in [-0.25, -0.2) is 4.98 Å². The van der Waals surface area contributed by atoms with Crippen molar-refractivity contribution in [1.82, 2.24) is 4.98 Å². The van der Waals surface area contributed by atoms with Gasteiger partial charge in [0.25, 0.3) is 4.80 Å². The van der Waals surface area contributed by atoms with Crippen molar-refractivity contribution < 1.29 is 14.3 Å². The summed E-state index contributed by atoms with van der Waals surface area (Å²) >= 11 is 3.04. The standard InChI is InChI=1S/C7H9BrN2O3/c1-3-5(13-7(8)10-3)2-4(9)6(11)12/h4H,2,9H2,1H3,(H,11,12).